The van der Waals surface area contributed by atoms with E-state index in [-0.39, 0.29) is 5.91 Å². The molecule has 5 nitrogen and oxygen atoms in total. The summed E-state index contributed by atoms with van der Waals surface area (Å²) < 4.78 is 0. The van der Waals surface area contributed by atoms with Crippen LogP contribution < -0.4 is 11.1 Å². The molecule has 168 valence electrons. The summed E-state index contributed by atoms with van der Waals surface area (Å²) in [7, 11) is 0. The number of hydrogen-bond acceptors (Lipinski definition) is 5. The molecule has 3 heterocycles. The molecule has 6 heteroatoms. The molecule has 33 heavy (non-hydrogen) atoms. The van der Waals surface area contributed by atoms with Crippen LogP contribution >= 0.6 is 11.3 Å². The number of amides is 1. The van der Waals surface area contributed by atoms with Gasteiger partial charge in [0.05, 0.1) is 5.69 Å². The predicted molar refractivity (Wildman–Crippen MR) is 137 cm³/mol. The molecule has 1 aliphatic heterocycles. The highest BCUT2D eigenvalue weighted by Crippen LogP contribution is 2.36. The summed E-state index contributed by atoms with van der Waals surface area (Å²) in [5, 5.41) is 3.96. The number of nitrogens with two attached hydrogens (primary N) is 1. The highest BCUT2D eigenvalue weighted by molar-refractivity contribution is 7.21. The van der Waals surface area contributed by atoms with Crippen molar-refractivity contribution >= 4 is 38.8 Å². The average molecular weight is 457 g/mol. The first kappa shape index (κ1) is 21.6. The first-order chi connectivity index (χ1) is 15.9. The van der Waals surface area contributed by atoms with Crippen molar-refractivity contribution in [2.24, 2.45) is 0 Å². The second-order valence-corrected chi connectivity index (χ2v) is 9.96. The predicted octanol–water partition coefficient (Wildman–Crippen LogP) is 5.61. The number of thiophene rings is 1. The smallest absolute Gasteiger partial charge is 0.267 e. The van der Waals surface area contributed by atoms with E-state index in [0.29, 0.717) is 10.6 Å². The summed E-state index contributed by atoms with van der Waals surface area (Å²) in [6.45, 7) is 8.82. The van der Waals surface area contributed by atoms with Gasteiger partial charge in [0.1, 0.15) is 9.71 Å². The summed E-state index contributed by atoms with van der Waals surface area (Å²) in [5.74, 6) is -0.172. The number of rotatable bonds is 4. The van der Waals surface area contributed by atoms with Crippen molar-refractivity contribution in [2.75, 3.05) is 17.6 Å². The topological polar surface area (TPSA) is 71.2 Å². The maximum atomic E-state index is 13.2. The molecular weight excluding hydrogens is 428 g/mol. The standard InChI is InChI=1S/C27H28N4OS/c1-16-11-17(2)24(18(3)12-16)30-26(32)25-23(28)21-13-20-15-31(14-19-7-5-4-6-8-19)10-9-22(20)29-27(21)33-25/h4-8,11-13H,9-10,14-15,28H2,1-3H3,(H,30,32). The van der Waals surface area contributed by atoms with Gasteiger partial charge in [-0.1, -0.05) is 48.0 Å². The highest BCUT2D eigenvalue weighted by atomic mass is 32.1. The van der Waals surface area contributed by atoms with E-state index in [1.54, 1.807) is 0 Å². The number of aromatic nitrogens is 1. The van der Waals surface area contributed by atoms with E-state index >= 15 is 0 Å². The Balaban J connectivity index is 1.41. The van der Waals surface area contributed by atoms with Gasteiger partial charge in [-0.05, 0) is 49.1 Å². The number of nitrogens with one attached hydrogen (secondary N) is 1. The van der Waals surface area contributed by atoms with E-state index in [1.807, 2.05) is 19.9 Å². The second-order valence-electron chi connectivity index (χ2n) is 8.97. The number of carbonyl (C=O) groups is 1. The van der Waals surface area contributed by atoms with Gasteiger partial charge in [-0.3, -0.25) is 9.69 Å². The molecule has 2 aromatic carbocycles. The fraction of sp³-hybridized carbons (Fsp3) is 0.259. The van der Waals surface area contributed by atoms with Crippen molar-refractivity contribution in [1.82, 2.24) is 9.88 Å². The van der Waals surface area contributed by atoms with Crippen LogP contribution in [0.2, 0.25) is 0 Å². The first-order valence-corrected chi connectivity index (χ1v) is 12.1. The number of fused-ring (bicyclic) bond motifs is 2. The van der Waals surface area contributed by atoms with Crippen LogP contribution in [-0.4, -0.2) is 22.3 Å². The lowest BCUT2D eigenvalue weighted by Gasteiger charge is -2.28. The van der Waals surface area contributed by atoms with Crippen LogP contribution in [0.15, 0.2) is 48.5 Å². The van der Waals surface area contributed by atoms with E-state index in [9.17, 15) is 4.79 Å². The van der Waals surface area contributed by atoms with Crippen molar-refractivity contribution in [2.45, 2.75) is 40.3 Å². The minimum absolute atomic E-state index is 0.172. The lowest BCUT2D eigenvalue weighted by molar-refractivity contribution is 0.103. The van der Waals surface area contributed by atoms with Gasteiger partial charge in [0.2, 0.25) is 0 Å². The number of carbonyl (C=O) groups excluding carboxylic acids is 1. The Bertz CT molecular complexity index is 1340. The Morgan fingerprint density at radius 2 is 1.85 bits per heavy atom. The van der Waals surface area contributed by atoms with Gasteiger partial charge < -0.3 is 11.1 Å². The van der Waals surface area contributed by atoms with Crippen LogP contribution in [0.1, 0.15) is 43.2 Å². The molecule has 0 atom stereocenters. The second kappa shape index (κ2) is 8.61. The van der Waals surface area contributed by atoms with Crippen LogP contribution in [0, 0.1) is 20.8 Å². The Kier molecular flexibility index (Phi) is 5.64. The Morgan fingerprint density at radius 3 is 2.58 bits per heavy atom. The summed E-state index contributed by atoms with van der Waals surface area (Å²) in [6, 6.07) is 16.8. The third kappa shape index (κ3) is 4.24. The van der Waals surface area contributed by atoms with Crippen molar-refractivity contribution < 1.29 is 4.79 Å². The van der Waals surface area contributed by atoms with Crippen molar-refractivity contribution in [3.05, 3.63) is 86.9 Å². The molecule has 0 saturated heterocycles. The lowest BCUT2D eigenvalue weighted by atomic mass is 10.0. The number of anilines is 2. The van der Waals surface area contributed by atoms with E-state index in [2.05, 4.69) is 59.6 Å². The number of nitrogen functional groups attached to an aromatic ring is 1. The normalized spacial score (nSPS) is 13.8. The van der Waals surface area contributed by atoms with Crippen LogP contribution in [0.3, 0.4) is 0 Å². The summed E-state index contributed by atoms with van der Waals surface area (Å²) in [5.41, 5.74) is 14.8. The first-order valence-electron chi connectivity index (χ1n) is 11.3. The number of nitrogens with zero attached hydrogens (tertiary/aromatic N) is 2. The van der Waals surface area contributed by atoms with E-state index in [4.69, 9.17) is 10.7 Å². The molecule has 0 radical (unpaired) electrons. The summed E-state index contributed by atoms with van der Waals surface area (Å²) in [6.07, 6.45) is 0.902. The number of hydrogen-bond donors (Lipinski definition) is 2. The zero-order chi connectivity index (χ0) is 23.1. The molecule has 0 spiro atoms. The number of pyridine rings is 1. The minimum atomic E-state index is -0.172. The van der Waals surface area contributed by atoms with Crippen LogP contribution in [-0.2, 0) is 19.5 Å². The van der Waals surface area contributed by atoms with E-state index in [0.717, 1.165) is 58.8 Å². The zero-order valence-corrected chi connectivity index (χ0v) is 20.1. The largest absolute Gasteiger partial charge is 0.397 e. The van der Waals surface area contributed by atoms with Crippen molar-refractivity contribution in [3.8, 4) is 0 Å². The molecule has 5 rings (SSSR count). The van der Waals surface area contributed by atoms with Crippen LogP contribution in [0.4, 0.5) is 11.4 Å². The summed E-state index contributed by atoms with van der Waals surface area (Å²) >= 11 is 1.38. The van der Waals surface area contributed by atoms with Crippen LogP contribution in [0.25, 0.3) is 10.2 Å². The Morgan fingerprint density at radius 1 is 1.12 bits per heavy atom. The quantitative estimate of drug-likeness (QED) is 0.418. The minimum Gasteiger partial charge on any atom is -0.397 e. The van der Waals surface area contributed by atoms with Crippen molar-refractivity contribution in [3.63, 3.8) is 0 Å². The molecule has 0 unspecified atom stereocenters. The highest BCUT2D eigenvalue weighted by Gasteiger charge is 2.23. The molecule has 1 amide bonds. The molecule has 0 bridgehead atoms. The molecule has 0 aliphatic carbocycles. The van der Waals surface area contributed by atoms with Crippen LogP contribution in [0.5, 0.6) is 0 Å². The molecular formula is C27H28N4OS. The molecule has 4 aromatic rings. The molecule has 1 aliphatic rings. The maximum absolute atomic E-state index is 13.2. The molecule has 0 fully saturated rings. The monoisotopic (exact) mass is 456 g/mol. The number of benzene rings is 2. The molecule has 2 aromatic heterocycles. The fourth-order valence-corrected chi connectivity index (χ4v) is 5.74. The third-order valence-electron chi connectivity index (χ3n) is 6.32. The van der Waals surface area contributed by atoms with Gasteiger partial charge in [-0.15, -0.1) is 11.3 Å². The number of aryl methyl sites for hydroxylation is 3. The fourth-order valence-electron chi connectivity index (χ4n) is 4.75. The van der Waals surface area contributed by atoms with Gasteiger partial charge in [0, 0.05) is 42.8 Å². The SMILES string of the molecule is Cc1cc(C)c(NC(=O)c2sc3nc4c(cc3c2N)CN(Cc2ccccc2)CC4)c(C)c1. The maximum Gasteiger partial charge on any atom is 0.267 e. The Hall–Kier alpha value is -3.22. The van der Waals surface area contributed by atoms with Gasteiger partial charge in [-0.2, -0.15) is 0 Å². The summed E-state index contributed by atoms with van der Waals surface area (Å²) in [4.78, 5) is 21.9. The van der Waals surface area contributed by atoms with E-state index < -0.39 is 0 Å². The van der Waals surface area contributed by atoms with Gasteiger partial charge in [0.25, 0.3) is 5.91 Å². The van der Waals surface area contributed by atoms with Gasteiger partial charge in [0.15, 0.2) is 0 Å². The molecule has 0 saturated carbocycles. The average Bonchev–Trinajstić information content (AvgIpc) is 3.11. The van der Waals surface area contributed by atoms with E-state index in [1.165, 1.54) is 28.0 Å². The lowest BCUT2D eigenvalue weighted by Crippen LogP contribution is -2.30. The third-order valence-corrected chi connectivity index (χ3v) is 7.43. The van der Waals surface area contributed by atoms with Crippen molar-refractivity contribution in [1.29, 1.82) is 0 Å². The molecule has 3 N–H and O–H groups in total. The Labute approximate surface area is 198 Å². The van der Waals surface area contributed by atoms with Gasteiger partial charge in [-0.25, -0.2) is 4.98 Å². The van der Waals surface area contributed by atoms with Gasteiger partial charge >= 0.3 is 0 Å². The zero-order valence-electron chi connectivity index (χ0n) is 19.2.